The molecule has 1 aliphatic carbocycles. The van der Waals surface area contributed by atoms with Gasteiger partial charge in [0.05, 0.1) is 0 Å². The van der Waals surface area contributed by atoms with Crippen molar-refractivity contribution < 1.29 is 23.1 Å². The van der Waals surface area contributed by atoms with Crippen LogP contribution in [0.3, 0.4) is 0 Å². The average Bonchev–Trinajstić information content (AvgIpc) is 2.92. The summed E-state index contributed by atoms with van der Waals surface area (Å²) in [6.07, 6.45) is 5.39. The Morgan fingerprint density at radius 2 is 1.54 bits per heavy atom. The molecule has 4 rings (SSSR count). The topological polar surface area (TPSA) is 58.6 Å². The molecule has 0 bridgehead atoms. The Morgan fingerprint density at radius 1 is 0.865 bits per heavy atom. The zero-order valence-electron chi connectivity index (χ0n) is 20.7. The van der Waals surface area contributed by atoms with Crippen LogP contribution in [0, 0.1) is 11.6 Å². The van der Waals surface area contributed by atoms with Gasteiger partial charge in [-0.25, -0.2) is 8.78 Å². The minimum Gasteiger partial charge on any atom is -0.481 e. The summed E-state index contributed by atoms with van der Waals surface area (Å²) < 4.78 is 33.2. The highest BCUT2D eigenvalue weighted by Crippen LogP contribution is 2.21. The molecular formula is C30H32F2N2O3. The number of hydrogen-bond donors (Lipinski definition) is 1. The van der Waals surface area contributed by atoms with Crippen molar-refractivity contribution in [1.29, 1.82) is 0 Å². The summed E-state index contributed by atoms with van der Waals surface area (Å²) in [6.45, 7) is -0.362. The second-order valence-electron chi connectivity index (χ2n) is 9.42. The Hall–Kier alpha value is -3.74. The van der Waals surface area contributed by atoms with Gasteiger partial charge in [-0.3, -0.25) is 9.59 Å². The largest absolute Gasteiger partial charge is 0.481 e. The van der Waals surface area contributed by atoms with Crippen molar-refractivity contribution in [3.8, 4) is 5.75 Å². The summed E-state index contributed by atoms with van der Waals surface area (Å²) in [5.74, 6) is -1.70. The van der Waals surface area contributed by atoms with E-state index in [-0.39, 0.29) is 30.1 Å². The zero-order valence-corrected chi connectivity index (χ0v) is 20.7. The minimum absolute atomic E-state index is 0.0381. The molecule has 0 aromatic heterocycles. The van der Waals surface area contributed by atoms with E-state index in [2.05, 4.69) is 5.32 Å². The van der Waals surface area contributed by atoms with Crippen LogP contribution < -0.4 is 10.1 Å². The number of hydrogen-bond acceptors (Lipinski definition) is 3. The maximum atomic E-state index is 14.1. The van der Waals surface area contributed by atoms with E-state index < -0.39 is 24.4 Å². The van der Waals surface area contributed by atoms with E-state index >= 15 is 0 Å². The monoisotopic (exact) mass is 506 g/mol. The molecule has 0 radical (unpaired) electrons. The van der Waals surface area contributed by atoms with Crippen molar-refractivity contribution in [2.45, 2.75) is 57.2 Å². The Balaban J connectivity index is 1.61. The lowest BCUT2D eigenvalue weighted by Gasteiger charge is -2.33. The molecule has 0 saturated heterocycles. The van der Waals surface area contributed by atoms with Crippen LogP contribution in [0.4, 0.5) is 8.78 Å². The Bertz CT molecular complexity index is 1160. The van der Waals surface area contributed by atoms with Crippen LogP contribution >= 0.6 is 0 Å². The van der Waals surface area contributed by atoms with Gasteiger partial charge in [0.1, 0.15) is 11.9 Å². The number of nitrogens with zero attached hydrogens (tertiary/aromatic N) is 1. The van der Waals surface area contributed by atoms with Crippen LogP contribution in [-0.2, 0) is 22.6 Å². The van der Waals surface area contributed by atoms with Crippen LogP contribution in [0.15, 0.2) is 78.9 Å². The Kier molecular flexibility index (Phi) is 9.24. The van der Waals surface area contributed by atoms with Gasteiger partial charge in [-0.1, -0.05) is 73.9 Å². The summed E-state index contributed by atoms with van der Waals surface area (Å²) in [7, 11) is 0. The first-order chi connectivity index (χ1) is 18.0. The average molecular weight is 507 g/mol. The van der Waals surface area contributed by atoms with Gasteiger partial charge in [0.15, 0.2) is 18.2 Å². The van der Waals surface area contributed by atoms with E-state index in [1.807, 2.05) is 30.3 Å². The van der Waals surface area contributed by atoms with Crippen molar-refractivity contribution in [3.05, 3.63) is 102 Å². The fourth-order valence-corrected chi connectivity index (χ4v) is 4.67. The van der Waals surface area contributed by atoms with Gasteiger partial charge in [-0.05, 0) is 48.2 Å². The Morgan fingerprint density at radius 3 is 2.24 bits per heavy atom. The van der Waals surface area contributed by atoms with Gasteiger partial charge < -0.3 is 15.0 Å². The molecule has 5 nitrogen and oxygen atoms in total. The molecule has 1 aliphatic rings. The predicted octanol–water partition coefficient (Wildman–Crippen LogP) is 5.43. The molecule has 0 unspecified atom stereocenters. The van der Waals surface area contributed by atoms with Gasteiger partial charge >= 0.3 is 0 Å². The van der Waals surface area contributed by atoms with E-state index in [4.69, 9.17) is 4.74 Å². The van der Waals surface area contributed by atoms with Crippen LogP contribution in [0.1, 0.15) is 43.2 Å². The molecule has 0 heterocycles. The molecule has 1 N–H and O–H groups in total. The van der Waals surface area contributed by atoms with Gasteiger partial charge in [-0.15, -0.1) is 0 Å². The summed E-state index contributed by atoms with van der Waals surface area (Å²) in [5.41, 5.74) is 1.57. The quantitative estimate of drug-likeness (QED) is 0.399. The molecule has 3 aromatic rings. The van der Waals surface area contributed by atoms with E-state index in [0.29, 0.717) is 12.0 Å². The van der Waals surface area contributed by atoms with Gasteiger partial charge in [0.25, 0.3) is 5.91 Å². The number of rotatable bonds is 10. The molecular weight excluding hydrogens is 474 g/mol. The third-order valence-electron chi connectivity index (χ3n) is 6.68. The van der Waals surface area contributed by atoms with Crippen LogP contribution in [0.5, 0.6) is 5.75 Å². The first-order valence-corrected chi connectivity index (χ1v) is 12.7. The first kappa shape index (κ1) is 26.3. The lowest BCUT2D eigenvalue weighted by atomic mass is 9.94. The van der Waals surface area contributed by atoms with Gasteiger partial charge in [0.2, 0.25) is 5.91 Å². The molecule has 0 spiro atoms. The molecule has 0 aliphatic heterocycles. The van der Waals surface area contributed by atoms with E-state index in [0.717, 1.165) is 37.7 Å². The number of halogens is 2. The third-order valence-corrected chi connectivity index (χ3v) is 6.68. The molecule has 2 amide bonds. The minimum atomic E-state index is -0.828. The number of benzene rings is 3. The molecule has 3 aromatic carbocycles. The number of nitrogens with one attached hydrogen (secondary N) is 1. The van der Waals surface area contributed by atoms with Crippen LogP contribution in [-0.4, -0.2) is 35.4 Å². The highest BCUT2D eigenvalue weighted by molar-refractivity contribution is 5.88. The maximum Gasteiger partial charge on any atom is 0.261 e. The van der Waals surface area contributed by atoms with E-state index in [1.54, 1.807) is 18.2 Å². The molecule has 1 saturated carbocycles. The number of ether oxygens (including phenoxy) is 1. The lowest BCUT2D eigenvalue weighted by Crippen LogP contribution is -2.53. The highest BCUT2D eigenvalue weighted by atomic mass is 19.1. The van der Waals surface area contributed by atoms with E-state index in [1.165, 1.54) is 35.2 Å². The zero-order chi connectivity index (χ0) is 26.0. The number of amides is 2. The van der Waals surface area contributed by atoms with Crippen molar-refractivity contribution in [3.63, 3.8) is 0 Å². The Labute approximate surface area is 216 Å². The van der Waals surface area contributed by atoms with Crippen LogP contribution in [0.25, 0.3) is 0 Å². The molecule has 1 fully saturated rings. The fraction of sp³-hybridized carbons (Fsp3) is 0.333. The standard InChI is InChI=1S/C30H32F2N2O3/c31-24-17-15-23(16-18-24)20-34(29(35)21-37-28-14-8-7-13-26(28)32)27(19-22-9-3-1-4-10-22)30(36)33-25-11-5-2-6-12-25/h1,3-4,7-10,13-18,25,27H,2,5-6,11-12,19-21H2,(H,33,36)/t27-/m0/s1. The van der Waals surface area contributed by atoms with Crippen molar-refractivity contribution >= 4 is 11.8 Å². The van der Waals surface area contributed by atoms with E-state index in [9.17, 15) is 18.4 Å². The first-order valence-electron chi connectivity index (χ1n) is 12.7. The molecule has 1 atom stereocenters. The lowest BCUT2D eigenvalue weighted by molar-refractivity contribution is -0.143. The number of carbonyl (C=O) groups excluding carboxylic acids is 2. The van der Waals surface area contributed by atoms with Gasteiger partial charge in [0, 0.05) is 19.0 Å². The fourth-order valence-electron chi connectivity index (χ4n) is 4.67. The van der Waals surface area contributed by atoms with Crippen molar-refractivity contribution in [1.82, 2.24) is 10.2 Å². The maximum absolute atomic E-state index is 14.1. The van der Waals surface area contributed by atoms with Gasteiger partial charge in [-0.2, -0.15) is 0 Å². The normalized spacial score (nSPS) is 14.5. The molecule has 37 heavy (non-hydrogen) atoms. The summed E-state index contributed by atoms with van der Waals surface area (Å²) in [6, 6.07) is 20.4. The van der Waals surface area contributed by atoms with Crippen molar-refractivity contribution in [2.24, 2.45) is 0 Å². The smallest absolute Gasteiger partial charge is 0.261 e. The second-order valence-corrected chi connectivity index (χ2v) is 9.42. The SMILES string of the molecule is O=C(NC1CCCCC1)[C@H](Cc1ccccc1)N(Cc1ccc(F)cc1)C(=O)COc1ccccc1F. The number of para-hydroxylation sites is 1. The number of carbonyl (C=O) groups is 2. The molecule has 7 heteroatoms. The van der Waals surface area contributed by atoms with Crippen molar-refractivity contribution in [2.75, 3.05) is 6.61 Å². The van der Waals surface area contributed by atoms with Crippen LogP contribution in [0.2, 0.25) is 0 Å². The summed E-state index contributed by atoms with van der Waals surface area (Å²) in [4.78, 5) is 28.7. The predicted molar refractivity (Wildman–Crippen MR) is 138 cm³/mol. The highest BCUT2D eigenvalue weighted by Gasteiger charge is 2.32. The summed E-state index contributed by atoms with van der Waals surface area (Å²) in [5, 5.41) is 3.16. The third kappa shape index (κ3) is 7.62. The molecule has 194 valence electrons. The summed E-state index contributed by atoms with van der Waals surface area (Å²) >= 11 is 0. The second kappa shape index (κ2) is 13.0.